The third-order valence-electron chi connectivity index (χ3n) is 10.6. The van der Waals surface area contributed by atoms with Gasteiger partial charge in [-0.2, -0.15) is 9.97 Å². The number of rotatable bonds is 8. The fraction of sp³-hybridized carbons (Fsp3) is 0.487. The molecule has 3 fully saturated rings. The van der Waals surface area contributed by atoms with Crippen LogP contribution in [-0.4, -0.2) is 107 Å². The Bertz CT molecular complexity index is 2070. The van der Waals surface area contributed by atoms with Gasteiger partial charge in [0.15, 0.2) is 5.82 Å². The zero-order chi connectivity index (χ0) is 36.9. The monoisotopic (exact) mass is 716 g/mol. The Morgan fingerprint density at radius 2 is 1.98 bits per heavy atom. The van der Waals surface area contributed by atoms with E-state index >= 15 is 4.39 Å². The number of carbonyl (C=O) groups is 1. The van der Waals surface area contributed by atoms with Crippen molar-refractivity contribution in [3.8, 4) is 29.6 Å². The number of carbonyl (C=O) groups excluding carboxylic acids is 1. The lowest BCUT2D eigenvalue weighted by atomic mass is 9.95. The summed E-state index contributed by atoms with van der Waals surface area (Å²) in [6.07, 6.45) is 8.39. The predicted octanol–water partition coefficient (Wildman–Crippen LogP) is 6.52. The minimum absolute atomic E-state index is 0.00425. The van der Waals surface area contributed by atoms with Crippen LogP contribution in [0.25, 0.3) is 32.9 Å². The van der Waals surface area contributed by atoms with Gasteiger partial charge in [-0.1, -0.05) is 30.2 Å². The number of ether oxygens (including phenoxy) is 3. The quantitative estimate of drug-likeness (QED) is 0.189. The molecule has 0 aliphatic carbocycles. The Kier molecular flexibility index (Phi) is 9.42. The molecular formula is C39H43F3N6O4. The Morgan fingerprint density at radius 1 is 1.17 bits per heavy atom. The Morgan fingerprint density at radius 3 is 2.73 bits per heavy atom. The van der Waals surface area contributed by atoms with Gasteiger partial charge in [0.2, 0.25) is 0 Å². The number of aromatic nitrogens is 3. The lowest BCUT2D eigenvalue weighted by molar-refractivity contribution is 0.0136. The molecule has 3 saturated heterocycles. The molecule has 0 radical (unpaired) electrons. The smallest absolute Gasteiger partial charge is 0.410 e. The summed E-state index contributed by atoms with van der Waals surface area (Å²) in [5, 5.41) is 1.29. The fourth-order valence-corrected chi connectivity index (χ4v) is 8.25. The van der Waals surface area contributed by atoms with Gasteiger partial charge < -0.3 is 24.0 Å². The van der Waals surface area contributed by atoms with Crippen LogP contribution in [-0.2, 0) is 9.47 Å². The van der Waals surface area contributed by atoms with Crippen LogP contribution in [0.5, 0.6) is 6.01 Å². The largest absolute Gasteiger partial charge is 0.461 e. The van der Waals surface area contributed by atoms with Gasteiger partial charge in [0.1, 0.15) is 41.2 Å². The Balaban J connectivity index is 1.34. The summed E-state index contributed by atoms with van der Waals surface area (Å²) in [5.41, 5.74) is -0.999. The van der Waals surface area contributed by atoms with Gasteiger partial charge in [0.05, 0.1) is 35.2 Å². The topological polar surface area (TPSA) is 93.2 Å². The maximum atomic E-state index is 17.0. The van der Waals surface area contributed by atoms with Crippen molar-refractivity contribution in [2.75, 3.05) is 51.9 Å². The van der Waals surface area contributed by atoms with E-state index in [4.69, 9.17) is 25.6 Å². The summed E-state index contributed by atoms with van der Waals surface area (Å²) in [7, 11) is 3.38. The number of nitrogens with zero attached hydrogens (tertiary/aromatic N) is 6. The molecule has 13 heteroatoms. The van der Waals surface area contributed by atoms with Gasteiger partial charge in [-0.15, -0.1) is 6.42 Å². The number of anilines is 1. The minimum atomic E-state index is -0.958. The molecule has 7 rings (SSSR count). The van der Waals surface area contributed by atoms with Gasteiger partial charge >= 0.3 is 12.1 Å². The van der Waals surface area contributed by atoms with Crippen LogP contribution in [0.2, 0.25) is 0 Å². The average molecular weight is 717 g/mol. The molecule has 52 heavy (non-hydrogen) atoms. The number of likely N-dealkylation sites (N-methyl/N-ethyl adjacent to an activating group) is 1. The highest BCUT2D eigenvalue weighted by molar-refractivity contribution is 6.02. The molecule has 10 nitrogen and oxygen atoms in total. The third kappa shape index (κ3) is 6.36. The van der Waals surface area contributed by atoms with Gasteiger partial charge in [-0.05, 0) is 58.0 Å². The highest BCUT2D eigenvalue weighted by Gasteiger charge is 2.49. The number of pyridine rings is 1. The van der Waals surface area contributed by atoms with Crippen LogP contribution < -0.4 is 9.64 Å². The first-order valence-corrected chi connectivity index (χ1v) is 17.6. The predicted molar refractivity (Wildman–Crippen MR) is 192 cm³/mol. The second-order valence-corrected chi connectivity index (χ2v) is 15.0. The lowest BCUT2D eigenvalue weighted by Gasteiger charge is -2.34. The number of fused-ring (bicyclic) bond motifs is 3. The first kappa shape index (κ1) is 35.7. The van der Waals surface area contributed by atoms with Gasteiger partial charge in [-0.25, -0.2) is 18.0 Å². The van der Waals surface area contributed by atoms with Crippen molar-refractivity contribution in [3.63, 3.8) is 0 Å². The van der Waals surface area contributed by atoms with E-state index in [0.717, 1.165) is 19.4 Å². The van der Waals surface area contributed by atoms with Crippen molar-refractivity contribution >= 4 is 33.6 Å². The van der Waals surface area contributed by atoms with Crippen LogP contribution in [0.4, 0.5) is 23.8 Å². The van der Waals surface area contributed by atoms with Gasteiger partial charge in [0, 0.05) is 50.8 Å². The van der Waals surface area contributed by atoms with E-state index in [-0.39, 0.29) is 42.0 Å². The molecule has 0 bridgehead atoms. The van der Waals surface area contributed by atoms with E-state index in [1.54, 1.807) is 36.3 Å². The summed E-state index contributed by atoms with van der Waals surface area (Å²) in [4.78, 5) is 32.9. The summed E-state index contributed by atoms with van der Waals surface area (Å²) >= 11 is 0. The molecule has 3 aliphatic heterocycles. The van der Waals surface area contributed by atoms with Crippen molar-refractivity contribution < 1.29 is 32.2 Å². The normalized spacial score (nSPS) is 23.3. The average Bonchev–Trinajstić information content (AvgIpc) is 3.78. The highest BCUT2D eigenvalue weighted by Crippen LogP contribution is 2.41. The number of methoxy groups -OCH3 is 1. The summed E-state index contributed by atoms with van der Waals surface area (Å²) in [5.74, 6) is 1.38. The van der Waals surface area contributed by atoms with E-state index in [1.165, 1.54) is 12.3 Å². The molecule has 3 aliphatic rings. The van der Waals surface area contributed by atoms with Crippen molar-refractivity contribution in [1.82, 2.24) is 24.8 Å². The molecule has 274 valence electrons. The number of alkyl halides is 1. The number of amides is 1. The molecule has 4 aromatic rings. The van der Waals surface area contributed by atoms with Crippen LogP contribution in [0.1, 0.15) is 52.0 Å². The first-order valence-electron chi connectivity index (χ1n) is 17.6. The molecule has 0 saturated carbocycles. The zero-order valence-electron chi connectivity index (χ0n) is 30.1. The van der Waals surface area contributed by atoms with Crippen molar-refractivity contribution in [2.45, 2.75) is 75.8 Å². The molecule has 0 N–H and O–H groups in total. The number of benzene rings is 2. The summed E-state index contributed by atoms with van der Waals surface area (Å²) < 4.78 is 64.1. The fourth-order valence-electron chi connectivity index (χ4n) is 8.25. The highest BCUT2D eigenvalue weighted by atomic mass is 19.1. The van der Waals surface area contributed by atoms with E-state index in [0.29, 0.717) is 53.5 Å². The number of hydrogen-bond acceptors (Lipinski definition) is 9. The van der Waals surface area contributed by atoms with Crippen molar-refractivity contribution in [1.29, 1.82) is 0 Å². The third-order valence-corrected chi connectivity index (χ3v) is 10.6. The van der Waals surface area contributed by atoms with E-state index in [9.17, 15) is 13.6 Å². The molecule has 1 amide bonds. The molecule has 0 unspecified atom stereocenters. The lowest BCUT2D eigenvalue weighted by Crippen LogP contribution is -2.49. The minimum Gasteiger partial charge on any atom is -0.461 e. The number of terminal acetylenes is 1. The summed E-state index contributed by atoms with van der Waals surface area (Å²) in [6.45, 7) is 7.32. The van der Waals surface area contributed by atoms with E-state index in [2.05, 4.69) is 20.8 Å². The SMILES string of the molecule is C#Cc1c(F)ccc2cccc(-c3ncc4c(N(C)[C@@H]5CCN(C(=O)OC(C)(C)C)[C@@H]5COC)nc(OC[C@@]56CCCN5C[C@H](F)C6)nc4c3F)c12. The maximum Gasteiger partial charge on any atom is 0.410 e. The molecular weight excluding hydrogens is 673 g/mol. The number of halogens is 3. The molecule has 4 atom stereocenters. The second kappa shape index (κ2) is 13.7. The summed E-state index contributed by atoms with van der Waals surface area (Å²) in [6, 6.07) is 7.21. The van der Waals surface area contributed by atoms with Crippen LogP contribution in [0.3, 0.4) is 0 Å². The Hall–Kier alpha value is -4.67. The van der Waals surface area contributed by atoms with E-state index in [1.807, 2.05) is 32.7 Å². The van der Waals surface area contributed by atoms with Crippen LogP contribution in [0, 0.1) is 24.0 Å². The van der Waals surface area contributed by atoms with Crippen LogP contribution in [0.15, 0.2) is 36.5 Å². The molecule has 0 spiro atoms. The van der Waals surface area contributed by atoms with Gasteiger partial charge in [0.25, 0.3) is 0 Å². The van der Waals surface area contributed by atoms with Gasteiger partial charge in [-0.3, -0.25) is 9.88 Å². The molecule has 2 aromatic carbocycles. The molecule has 2 aromatic heterocycles. The second-order valence-electron chi connectivity index (χ2n) is 15.0. The maximum absolute atomic E-state index is 17.0. The molecule has 5 heterocycles. The Labute approximate surface area is 301 Å². The van der Waals surface area contributed by atoms with Crippen LogP contribution >= 0.6 is 0 Å². The van der Waals surface area contributed by atoms with Crippen molar-refractivity contribution in [3.05, 3.63) is 53.7 Å². The number of hydrogen-bond donors (Lipinski definition) is 0. The van der Waals surface area contributed by atoms with E-state index < -0.39 is 41.1 Å². The van der Waals surface area contributed by atoms with Crippen molar-refractivity contribution in [2.24, 2.45) is 0 Å². The first-order chi connectivity index (χ1) is 24.8. The standard InChI is InChI=1S/C39H43F3N6O4/c1-7-25-28(41)13-12-23-10-8-11-26(31(23)25)33-32(42)34-27(19-43-33)35(45-36(44-34)51-22-39-15-9-16-47(39)20-24(40)18-39)46(5)29-14-17-48(30(29)21-50-6)37(49)52-38(2,3)4/h1,8,10-13,19,24,29-30H,9,14-18,20-22H2,2-6H3/t24-,29-,30-,39+/m1/s1. The number of likely N-dealkylation sites (tertiary alicyclic amines) is 1. The zero-order valence-corrected chi connectivity index (χ0v) is 30.1.